The zero-order valence-electron chi connectivity index (χ0n) is 11.0. The fourth-order valence-corrected chi connectivity index (χ4v) is 1.54. The molecular formula is C14H13F3O4. The smallest absolute Gasteiger partial charge is 0.310 e. The lowest BCUT2D eigenvalue weighted by molar-refractivity contribution is -0.143. The molecule has 0 atom stereocenters. The molecule has 0 aliphatic heterocycles. The molecule has 0 fully saturated rings. The number of halogens is 3. The SMILES string of the molecule is O=C=C(CC(=O)OCCCO)Cc1cc(F)c(F)cc1F. The van der Waals surface area contributed by atoms with E-state index in [9.17, 15) is 22.8 Å². The van der Waals surface area contributed by atoms with E-state index in [0.717, 1.165) is 0 Å². The van der Waals surface area contributed by atoms with Crippen LogP contribution < -0.4 is 0 Å². The maximum Gasteiger partial charge on any atom is 0.310 e. The van der Waals surface area contributed by atoms with Gasteiger partial charge in [0.15, 0.2) is 11.6 Å². The highest BCUT2D eigenvalue weighted by molar-refractivity contribution is 5.76. The van der Waals surface area contributed by atoms with Gasteiger partial charge in [0.05, 0.1) is 13.0 Å². The summed E-state index contributed by atoms with van der Waals surface area (Å²) in [4.78, 5) is 22.1. The summed E-state index contributed by atoms with van der Waals surface area (Å²) in [5.74, 6) is -2.88. The molecule has 4 nitrogen and oxygen atoms in total. The van der Waals surface area contributed by atoms with Crippen LogP contribution in [0.25, 0.3) is 0 Å². The number of benzene rings is 1. The molecule has 0 spiro atoms. The number of hydrogen-bond acceptors (Lipinski definition) is 4. The summed E-state index contributed by atoms with van der Waals surface area (Å²) in [5, 5.41) is 8.51. The van der Waals surface area contributed by atoms with Gasteiger partial charge in [0.25, 0.3) is 0 Å². The van der Waals surface area contributed by atoms with Gasteiger partial charge < -0.3 is 9.84 Å². The monoisotopic (exact) mass is 302 g/mol. The molecule has 1 aromatic rings. The zero-order valence-corrected chi connectivity index (χ0v) is 11.0. The molecule has 0 amide bonds. The summed E-state index contributed by atoms with van der Waals surface area (Å²) in [6.07, 6.45) is -0.557. The Morgan fingerprint density at radius 1 is 1.19 bits per heavy atom. The van der Waals surface area contributed by atoms with E-state index in [4.69, 9.17) is 9.84 Å². The van der Waals surface area contributed by atoms with E-state index in [0.29, 0.717) is 12.1 Å². The Morgan fingerprint density at radius 3 is 2.48 bits per heavy atom. The van der Waals surface area contributed by atoms with E-state index in [2.05, 4.69) is 0 Å². The molecule has 1 aromatic carbocycles. The summed E-state index contributed by atoms with van der Waals surface area (Å²) in [5.41, 5.74) is -0.399. The second-order valence-corrected chi connectivity index (χ2v) is 4.21. The standard InChI is InChI=1S/C14H13F3O4/c15-11-7-13(17)12(16)6-10(11)4-9(8-19)5-14(20)21-3-1-2-18/h6-7,18H,1-5H2. The number of hydrogen-bond donors (Lipinski definition) is 1. The van der Waals surface area contributed by atoms with E-state index in [1.165, 1.54) is 5.94 Å². The first kappa shape index (κ1) is 16.9. The minimum absolute atomic E-state index is 0.0129. The lowest BCUT2D eigenvalue weighted by Crippen LogP contribution is -2.10. The Balaban J connectivity index is 2.69. The minimum atomic E-state index is -1.34. The molecule has 0 aliphatic rings. The first-order chi connectivity index (χ1) is 9.97. The van der Waals surface area contributed by atoms with Crippen LogP contribution in [-0.4, -0.2) is 30.2 Å². The van der Waals surface area contributed by atoms with Gasteiger partial charge in [0.2, 0.25) is 0 Å². The largest absolute Gasteiger partial charge is 0.465 e. The van der Waals surface area contributed by atoms with E-state index < -0.39 is 29.8 Å². The molecule has 7 heteroatoms. The topological polar surface area (TPSA) is 63.6 Å². The molecule has 0 saturated heterocycles. The fraction of sp³-hybridized carbons (Fsp3) is 0.357. The second-order valence-electron chi connectivity index (χ2n) is 4.21. The Hall–Kier alpha value is -2.11. The van der Waals surface area contributed by atoms with Crippen LogP contribution in [0.4, 0.5) is 13.2 Å². The van der Waals surface area contributed by atoms with Crippen LogP contribution in [0.5, 0.6) is 0 Å². The third-order valence-electron chi connectivity index (χ3n) is 2.56. The van der Waals surface area contributed by atoms with Crippen molar-refractivity contribution in [2.75, 3.05) is 13.2 Å². The Morgan fingerprint density at radius 2 is 1.86 bits per heavy atom. The number of carbonyl (C=O) groups excluding carboxylic acids is 2. The predicted octanol–water partition coefficient (Wildman–Crippen LogP) is 1.72. The third-order valence-corrected chi connectivity index (χ3v) is 2.56. The van der Waals surface area contributed by atoms with Crippen molar-refractivity contribution in [1.82, 2.24) is 0 Å². The van der Waals surface area contributed by atoms with Crippen LogP contribution >= 0.6 is 0 Å². The molecule has 1 rings (SSSR count). The van der Waals surface area contributed by atoms with E-state index in [1.54, 1.807) is 0 Å². The quantitative estimate of drug-likeness (QED) is 0.360. The highest BCUT2D eigenvalue weighted by atomic mass is 19.2. The number of rotatable bonds is 7. The van der Waals surface area contributed by atoms with Gasteiger partial charge in [-0.2, -0.15) is 0 Å². The molecule has 0 bridgehead atoms. The zero-order chi connectivity index (χ0) is 15.8. The van der Waals surface area contributed by atoms with Crippen molar-refractivity contribution < 1.29 is 32.6 Å². The summed E-state index contributed by atoms with van der Waals surface area (Å²) < 4.78 is 43.9. The van der Waals surface area contributed by atoms with Crippen molar-refractivity contribution in [1.29, 1.82) is 0 Å². The van der Waals surface area contributed by atoms with E-state index in [1.807, 2.05) is 0 Å². The first-order valence-corrected chi connectivity index (χ1v) is 6.10. The highest BCUT2D eigenvalue weighted by Gasteiger charge is 2.14. The van der Waals surface area contributed by atoms with Crippen molar-refractivity contribution in [3.63, 3.8) is 0 Å². The summed E-state index contributed by atoms with van der Waals surface area (Å²) >= 11 is 0. The number of ether oxygens (including phenoxy) is 1. The van der Waals surface area contributed by atoms with Gasteiger partial charge in [0, 0.05) is 31.1 Å². The van der Waals surface area contributed by atoms with E-state index >= 15 is 0 Å². The van der Waals surface area contributed by atoms with Crippen molar-refractivity contribution >= 4 is 11.9 Å². The Labute approximate surface area is 118 Å². The first-order valence-electron chi connectivity index (χ1n) is 6.10. The van der Waals surface area contributed by atoms with Crippen LogP contribution in [0.2, 0.25) is 0 Å². The number of esters is 1. The molecule has 0 unspecified atom stereocenters. The molecule has 1 N–H and O–H groups in total. The van der Waals surface area contributed by atoms with Crippen LogP contribution in [0.1, 0.15) is 18.4 Å². The lowest BCUT2D eigenvalue weighted by atomic mass is 10.0. The Bertz CT molecular complexity index is 566. The average molecular weight is 302 g/mol. The van der Waals surface area contributed by atoms with Gasteiger partial charge in [0.1, 0.15) is 11.8 Å². The molecular weight excluding hydrogens is 289 g/mol. The van der Waals surface area contributed by atoms with Gasteiger partial charge in [-0.05, 0) is 11.6 Å². The maximum atomic E-state index is 13.4. The van der Waals surface area contributed by atoms with Gasteiger partial charge >= 0.3 is 5.97 Å². The normalized spacial score (nSPS) is 10.1. The maximum absolute atomic E-state index is 13.4. The van der Waals surface area contributed by atoms with Crippen LogP contribution in [0, 0.1) is 17.5 Å². The van der Waals surface area contributed by atoms with Crippen molar-refractivity contribution in [3.05, 3.63) is 40.7 Å². The van der Waals surface area contributed by atoms with Gasteiger partial charge in [-0.1, -0.05) is 0 Å². The molecule has 114 valence electrons. The number of carbonyl (C=O) groups is 1. The lowest BCUT2D eigenvalue weighted by Gasteiger charge is -2.06. The van der Waals surface area contributed by atoms with Crippen molar-refractivity contribution in [2.24, 2.45) is 0 Å². The molecule has 0 radical (unpaired) electrons. The minimum Gasteiger partial charge on any atom is -0.465 e. The van der Waals surface area contributed by atoms with Gasteiger partial charge in [-0.25, -0.2) is 18.0 Å². The number of aliphatic hydroxyl groups is 1. The molecule has 21 heavy (non-hydrogen) atoms. The molecule has 0 aromatic heterocycles. The predicted molar refractivity (Wildman–Crippen MR) is 66.5 cm³/mol. The molecule has 0 aliphatic carbocycles. The van der Waals surface area contributed by atoms with Gasteiger partial charge in [-0.3, -0.25) is 4.79 Å². The van der Waals surface area contributed by atoms with Crippen molar-refractivity contribution in [3.8, 4) is 0 Å². The average Bonchev–Trinajstić information content (AvgIpc) is 2.44. The number of aliphatic hydroxyl groups excluding tert-OH is 1. The summed E-state index contributed by atoms with van der Waals surface area (Å²) in [6.45, 7) is -0.162. The summed E-state index contributed by atoms with van der Waals surface area (Å²) in [6, 6.07) is 0.992. The third kappa shape index (κ3) is 5.41. The second kappa shape index (κ2) is 8.24. The fourth-order valence-electron chi connectivity index (χ4n) is 1.54. The van der Waals surface area contributed by atoms with Crippen LogP contribution in [0.3, 0.4) is 0 Å². The molecule has 0 heterocycles. The Kier molecular flexibility index (Phi) is 6.65. The molecule has 0 saturated carbocycles. The summed E-state index contributed by atoms with van der Waals surface area (Å²) in [7, 11) is 0. The van der Waals surface area contributed by atoms with Crippen molar-refractivity contribution in [2.45, 2.75) is 19.3 Å². The highest BCUT2D eigenvalue weighted by Crippen LogP contribution is 2.17. The van der Waals surface area contributed by atoms with Gasteiger partial charge in [-0.15, -0.1) is 0 Å². The van der Waals surface area contributed by atoms with E-state index in [-0.39, 0.29) is 37.2 Å². The van der Waals surface area contributed by atoms with Crippen LogP contribution in [0.15, 0.2) is 17.7 Å². The van der Waals surface area contributed by atoms with Crippen LogP contribution in [-0.2, 0) is 20.7 Å².